The number of carbonyl (C=O) groups is 2. The topological polar surface area (TPSA) is 186 Å². The maximum atomic E-state index is 12.3. The van der Waals surface area contributed by atoms with E-state index in [2.05, 4.69) is 29.6 Å². The number of rotatable bonds is 41. The van der Waals surface area contributed by atoms with Crippen LogP contribution in [0.3, 0.4) is 0 Å². The predicted molar refractivity (Wildman–Crippen MR) is 215 cm³/mol. The molecule has 0 aromatic heterocycles. The van der Waals surface area contributed by atoms with Gasteiger partial charge in [0.05, 0.1) is 145 Å². The first-order valence-corrected chi connectivity index (χ1v) is 20.4. The number of benzene rings is 2. The third kappa shape index (κ3) is 25.2. The van der Waals surface area contributed by atoms with Crippen molar-refractivity contribution in [2.75, 3.05) is 172 Å². The number of alkyl carbamates (subject to hydrolysis) is 1. The van der Waals surface area contributed by atoms with Gasteiger partial charge in [-0.05, 0) is 28.7 Å². The molecule has 0 spiro atoms. The molecular formula is C42H65NO16. The number of carboxylic acid groups (broad SMARTS) is 1. The monoisotopic (exact) mass is 839 g/mol. The molecule has 0 saturated carbocycles. The normalized spacial score (nSPS) is 12.1. The van der Waals surface area contributed by atoms with Crippen LogP contribution < -0.4 is 5.32 Å². The summed E-state index contributed by atoms with van der Waals surface area (Å²) in [4.78, 5) is 22.6. The van der Waals surface area contributed by atoms with Gasteiger partial charge in [0.2, 0.25) is 0 Å². The zero-order valence-electron chi connectivity index (χ0n) is 34.4. The highest BCUT2D eigenvalue weighted by molar-refractivity contribution is 5.79. The standard InChI is InChI=1S/C42H65NO16/c44-41(45)35-58-33-32-57-31-30-56-29-28-55-27-26-54-25-24-53-23-22-52-21-20-51-19-18-50-17-16-49-15-14-48-13-12-47-11-5-10-43-42(46)59-34-40-38-8-3-1-6-36(38)37-7-2-4-9-39(37)40/h1-4,6-9,40H,5,10-35H2,(H,43,46)(H,44,45). The summed E-state index contributed by atoms with van der Waals surface area (Å²) >= 11 is 0. The third-order valence-corrected chi connectivity index (χ3v) is 8.40. The van der Waals surface area contributed by atoms with Gasteiger partial charge in [-0.1, -0.05) is 48.5 Å². The summed E-state index contributed by atoms with van der Waals surface area (Å²) in [6, 6.07) is 16.5. The van der Waals surface area contributed by atoms with Gasteiger partial charge in [0.15, 0.2) is 0 Å². The quantitative estimate of drug-likeness (QED) is 0.0930. The van der Waals surface area contributed by atoms with Gasteiger partial charge >= 0.3 is 12.1 Å². The van der Waals surface area contributed by atoms with E-state index in [0.717, 1.165) is 0 Å². The lowest BCUT2D eigenvalue weighted by Gasteiger charge is -2.14. The number of fused-ring (bicyclic) bond motifs is 3. The molecule has 2 aromatic rings. The van der Waals surface area contributed by atoms with Crippen molar-refractivity contribution >= 4 is 12.1 Å². The van der Waals surface area contributed by atoms with Gasteiger partial charge in [0, 0.05) is 19.1 Å². The highest BCUT2D eigenvalue weighted by atomic mass is 16.6. The molecule has 0 unspecified atom stereocenters. The van der Waals surface area contributed by atoms with Crippen LogP contribution >= 0.6 is 0 Å². The van der Waals surface area contributed by atoms with Crippen LogP contribution in [0.1, 0.15) is 23.5 Å². The Morgan fingerprint density at radius 2 is 0.746 bits per heavy atom. The molecule has 334 valence electrons. The van der Waals surface area contributed by atoms with E-state index >= 15 is 0 Å². The molecule has 0 saturated heterocycles. The maximum absolute atomic E-state index is 12.3. The lowest BCUT2D eigenvalue weighted by Crippen LogP contribution is -2.27. The van der Waals surface area contributed by atoms with Crippen LogP contribution in [0.25, 0.3) is 11.1 Å². The lowest BCUT2D eigenvalue weighted by molar-refractivity contribution is -0.142. The Bertz CT molecular complexity index is 1290. The SMILES string of the molecule is O=C(O)COCCOCCOCCOCCOCCOCCOCCOCCOCCOCCOCCOCCCNC(=O)OCC1c2ccccc2-c2ccccc21. The van der Waals surface area contributed by atoms with Gasteiger partial charge in [0.1, 0.15) is 13.2 Å². The van der Waals surface area contributed by atoms with Gasteiger partial charge in [-0.15, -0.1) is 0 Å². The number of aliphatic carboxylic acids is 1. The molecule has 0 heterocycles. The molecule has 0 radical (unpaired) electrons. The summed E-state index contributed by atoms with van der Waals surface area (Å²) in [5.41, 5.74) is 4.79. The van der Waals surface area contributed by atoms with Crippen molar-refractivity contribution in [3.8, 4) is 11.1 Å². The second-order valence-corrected chi connectivity index (χ2v) is 12.8. The van der Waals surface area contributed by atoms with Crippen LogP contribution in [0.15, 0.2) is 48.5 Å². The predicted octanol–water partition coefficient (Wildman–Crippen LogP) is 3.20. The third-order valence-electron chi connectivity index (χ3n) is 8.40. The molecule has 0 fully saturated rings. The number of amides is 1. The van der Waals surface area contributed by atoms with Crippen LogP contribution in [0.4, 0.5) is 4.79 Å². The second kappa shape index (κ2) is 35.5. The molecule has 0 aliphatic heterocycles. The molecule has 0 atom stereocenters. The van der Waals surface area contributed by atoms with E-state index in [1.807, 2.05) is 24.3 Å². The molecule has 17 nitrogen and oxygen atoms in total. The Labute approximate surface area is 348 Å². The van der Waals surface area contributed by atoms with Crippen molar-refractivity contribution in [3.63, 3.8) is 0 Å². The Balaban J connectivity index is 0.924. The van der Waals surface area contributed by atoms with Crippen LogP contribution in [0, 0.1) is 0 Å². The first-order valence-electron chi connectivity index (χ1n) is 20.4. The van der Waals surface area contributed by atoms with Crippen molar-refractivity contribution in [2.24, 2.45) is 0 Å². The molecule has 1 aliphatic rings. The number of hydrogen-bond donors (Lipinski definition) is 2. The second-order valence-electron chi connectivity index (χ2n) is 12.8. The fourth-order valence-electron chi connectivity index (χ4n) is 5.59. The molecule has 1 amide bonds. The molecule has 2 aromatic carbocycles. The van der Waals surface area contributed by atoms with E-state index in [1.54, 1.807) is 0 Å². The highest BCUT2D eigenvalue weighted by Gasteiger charge is 2.29. The minimum Gasteiger partial charge on any atom is -0.480 e. The fraction of sp³-hybridized carbons (Fsp3) is 0.667. The minimum absolute atomic E-state index is 0.0438. The molecule has 59 heavy (non-hydrogen) atoms. The van der Waals surface area contributed by atoms with E-state index in [0.29, 0.717) is 165 Å². The fourth-order valence-corrected chi connectivity index (χ4v) is 5.59. The summed E-state index contributed by atoms with van der Waals surface area (Å²) in [6.07, 6.45) is 0.257. The minimum atomic E-state index is -1.00. The van der Waals surface area contributed by atoms with Crippen molar-refractivity contribution in [3.05, 3.63) is 59.7 Å². The number of ether oxygens (including phenoxy) is 13. The van der Waals surface area contributed by atoms with Crippen LogP contribution in [0.2, 0.25) is 0 Å². The van der Waals surface area contributed by atoms with Crippen molar-refractivity contribution < 1.29 is 76.3 Å². The summed E-state index contributed by atoms with van der Waals surface area (Å²) < 4.78 is 70.5. The zero-order chi connectivity index (χ0) is 41.7. The van der Waals surface area contributed by atoms with Gasteiger partial charge in [-0.25, -0.2) is 9.59 Å². The summed E-state index contributed by atoms with van der Waals surface area (Å²) in [7, 11) is 0. The summed E-state index contributed by atoms with van der Waals surface area (Å²) in [5.74, 6) is -0.956. The lowest BCUT2D eigenvalue weighted by atomic mass is 9.98. The van der Waals surface area contributed by atoms with Crippen LogP contribution in [-0.2, 0) is 66.4 Å². The zero-order valence-corrected chi connectivity index (χ0v) is 34.4. The number of carbonyl (C=O) groups excluding carboxylic acids is 1. The number of nitrogens with one attached hydrogen (secondary N) is 1. The molecule has 0 bridgehead atoms. The van der Waals surface area contributed by atoms with Crippen molar-refractivity contribution in [2.45, 2.75) is 12.3 Å². The smallest absolute Gasteiger partial charge is 0.407 e. The number of hydrogen-bond acceptors (Lipinski definition) is 15. The van der Waals surface area contributed by atoms with E-state index < -0.39 is 12.1 Å². The van der Waals surface area contributed by atoms with Crippen molar-refractivity contribution in [1.82, 2.24) is 5.32 Å². The molecule has 2 N–H and O–H groups in total. The highest BCUT2D eigenvalue weighted by Crippen LogP contribution is 2.44. The average molecular weight is 840 g/mol. The largest absolute Gasteiger partial charge is 0.480 e. The van der Waals surface area contributed by atoms with Gasteiger partial charge in [-0.2, -0.15) is 0 Å². The van der Waals surface area contributed by atoms with Gasteiger partial charge in [-0.3, -0.25) is 0 Å². The maximum Gasteiger partial charge on any atom is 0.407 e. The average Bonchev–Trinajstić information content (AvgIpc) is 3.57. The first kappa shape index (κ1) is 50.1. The number of carboxylic acids is 1. The summed E-state index contributed by atoms with van der Waals surface area (Å²) in [5, 5.41) is 11.2. The molecule has 17 heteroatoms. The van der Waals surface area contributed by atoms with Gasteiger partial charge < -0.3 is 72.0 Å². The Morgan fingerprint density at radius 3 is 1.08 bits per heavy atom. The Kier molecular flexibility index (Phi) is 30.1. The van der Waals surface area contributed by atoms with Crippen LogP contribution in [0.5, 0.6) is 0 Å². The Morgan fingerprint density at radius 1 is 0.441 bits per heavy atom. The van der Waals surface area contributed by atoms with E-state index in [4.69, 9.17) is 66.7 Å². The molecular weight excluding hydrogens is 774 g/mol. The van der Waals surface area contributed by atoms with E-state index in [-0.39, 0.29) is 19.1 Å². The molecule has 3 rings (SSSR count). The Hall–Kier alpha value is -3.30. The van der Waals surface area contributed by atoms with Gasteiger partial charge in [0.25, 0.3) is 0 Å². The van der Waals surface area contributed by atoms with Crippen LogP contribution in [-0.4, -0.2) is 189 Å². The van der Waals surface area contributed by atoms with E-state index in [9.17, 15) is 9.59 Å². The van der Waals surface area contributed by atoms with Crippen molar-refractivity contribution in [1.29, 1.82) is 0 Å². The first-order chi connectivity index (χ1) is 29.2. The molecule has 1 aliphatic carbocycles. The van der Waals surface area contributed by atoms with E-state index in [1.165, 1.54) is 22.3 Å². The summed E-state index contributed by atoms with van der Waals surface area (Å²) in [6.45, 7) is 10.9.